The van der Waals surface area contributed by atoms with Gasteiger partial charge in [-0.2, -0.15) is 0 Å². The van der Waals surface area contributed by atoms with E-state index in [1.54, 1.807) is 13.0 Å². The SMILES string of the molecule is CCc1ccc(NC(=O)C2(C(=O)Nc3cc(C)on3)CC2)cc1. The molecule has 1 aliphatic rings. The molecular weight excluding hydrogens is 294 g/mol. The smallest absolute Gasteiger partial charge is 0.241 e. The van der Waals surface area contributed by atoms with Crippen LogP contribution in [0.4, 0.5) is 11.5 Å². The molecule has 3 rings (SSSR count). The zero-order chi connectivity index (χ0) is 16.4. The number of rotatable bonds is 5. The molecule has 6 heteroatoms. The third kappa shape index (κ3) is 3.11. The molecule has 1 fully saturated rings. The standard InChI is InChI=1S/C17H19N3O3/c1-3-12-4-6-13(7-5-12)18-15(21)17(8-9-17)16(22)19-14-10-11(2)23-20-14/h4-7,10H,3,8-9H2,1-2H3,(H,18,21)(H,19,20,22). The van der Waals surface area contributed by atoms with E-state index in [0.717, 1.165) is 6.42 Å². The van der Waals surface area contributed by atoms with E-state index in [9.17, 15) is 9.59 Å². The fraction of sp³-hybridized carbons (Fsp3) is 0.353. The van der Waals surface area contributed by atoms with Gasteiger partial charge in [-0.1, -0.05) is 24.2 Å². The zero-order valence-corrected chi connectivity index (χ0v) is 13.2. The predicted molar refractivity (Wildman–Crippen MR) is 86.0 cm³/mol. The molecule has 1 heterocycles. The molecule has 2 N–H and O–H groups in total. The molecule has 0 unspecified atom stereocenters. The quantitative estimate of drug-likeness (QED) is 0.831. The third-order valence-corrected chi connectivity index (χ3v) is 4.11. The average Bonchev–Trinajstić information content (AvgIpc) is 3.27. The van der Waals surface area contributed by atoms with E-state index in [2.05, 4.69) is 22.7 Å². The van der Waals surface area contributed by atoms with Gasteiger partial charge in [0.05, 0.1) is 0 Å². The first-order chi connectivity index (χ1) is 11.0. The van der Waals surface area contributed by atoms with Gasteiger partial charge in [0.15, 0.2) is 5.82 Å². The van der Waals surface area contributed by atoms with E-state index < -0.39 is 5.41 Å². The van der Waals surface area contributed by atoms with Gasteiger partial charge in [-0.05, 0) is 43.9 Å². The van der Waals surface area contributed by atoms with E-state index in [1.165, 1.54) is 5.56 Å². The molecule has 0 bridgehead atoms. The first-order valence-corrected chi connectivity index (χ1v) is 7.69. The Kier molecular flexibility index (Phi) is 3.90. The molecular formula is C17H19N3O3. The minimum atomic E-state index is -1.00. The number of hydrogen-bond donors (Lipinski definition) is 2. The summed E-state index contributed by atoms with van der Waals surface area (Å²) >= 11 is 0. The molecule has 0 radical (unpaired) electrons. The lowest BCUT2D eigenvalue weighted by molar-refractivity contribution is -0.131. The van der Waals surface area contributed by atoms with Gasteiger partial charge in [-0.3, -0.25) is 9.59 Å². The van der Waals surface area contributed by atoms with Gasteiger partial charge in [0, 0.05) is 11.8 Å². The van der Waals surface area contributed by atoms with Crippen LogP contribution in [-0.2, 0) is 16.0 Å². The number of aryl methyl sites for hydroxylation is 2. The van der Waals surface area contributed by atoms with Gasteiger partial charge in [0.2, 0.25) is 11.8 Å². The topological polar surface area (TPSA) is 84.2 Å². The Morgan fingerprint density at radius 1 is 1.17 bits per heavy atom. The molecule has 0 aliphatic heterocycles. The van der Waals surface area contributed by atoms with Crippen molar-refractivity contribution in [2.45, 2.75) is 33.1 Å². The maximum absolute atomic E-state index is 12.5. The molecule has 23 heavy (non-hydrogen) atoms. The normalized spacial score (nSPS) is 15.0. The van der Waals surface area contributed by atoms with Crippen molar-refractivity contribution in [1.82, 2.24) is 5.16 Å². The van der Waals surface area contributed by atoms with Crippen LogP contribution in [0.15, 0.2) is 34.9 Å². The van der Waals surface area contributed by atoms with Gasteiger partial charge in [-0.25, -0.2) is 0 Å². The van der Waals surface area contributed by atoms with Crippen LogP contribution in [0.1, 0.15) is 31.1 Å². The fourth-order valence-corrected chi connectivity index (χ4v) is 2.42. The Hall–Kier alpha value is -2.63. The number of benzene rings is 1. The van der Waals surface area contributed by atoms with E-state index in [0.29, 0.717) is 30.1 Å². The maximum atomic E-state index is 12.5. The van der Waals surface area contributed by atoms with Crippen LogP contribution in [0.25, 0.3) is 0 Å². The van der Waals surface area contributed by atoms with Crippen LogP contribution >= 0.6 is 0 Å². The highest BCUT2D eigenvalue weighted by atomic mass is 16.5. The minimum absolute atomic E-state index is 0.278. The molecule has 1 aromatic carbocycles. The van der Waals surface area contributed by atoms with E-state index in [-0.39, 0.29) is 11.8 Å². The number of nitrogens with one attached hydrogen (secondary N) is 2. The third-order valence-electron chi connectivity index (χ3n) is 4.11. The zero-order valence-electron chi connectivity index (χ0n) is 13.2. The lowest BCUT2D eigenvalue weighted by atomic mass is 10.0. The highest BCUT2D eigenvalue weighted by Crippen LogP contribution is 2.47. The number of anilines is 2. The van der Waals surface area contributed by atoms with Crippen molar-refractivity contribution in [3.63, 3.8) is 0 Å². The van der Waals surface area contributed by atoms with Crippen molar-refractivity contribution in [3.8, 4) is 0 Å². The molecule has 2 aromatic rings. The highest BCUT2D eigenvalue weighted by Gasteiger charge is 2.56. The Morgan fingerprint density at radius 3 is 2.35 bits per heavy atom. The number of carbonyl (C=O) groups excluding carboxylic acids is 2. The van der Waals surface area contributed by atoms with Crippen molar-refractivity contribution in [1.29, 1.82) is 0 Å². The van der Waals surface area contributed by atoms with Gasteiger partial charge in [-0.15, -0.1) is 0 Å². The maximum Gasteiger partial charge on any atom is 0.241 e. The second-order valence-corrected chi connectivity index (χ2v) is 5.86. The Bertz CT molecular complexity index is 730. The van der Waals surface area contributed by atoms with Crippen LogP contribution in [-0.4, -0.2) is 17.0 Å². The first-order valence-electron chi connectivity index (χ1n) is 7.69. The molecule has 120 valence electrons. The Morgan fingerprint density at radius 2 is 1.83 bits per heavy atom. The summed E-state index contributed by atoms with van der Waals surface area (Å²) in [4.78, 5) is 24.9. The van der Waals surface area contributed by atoms with Crippen LogP contribution in [0, 0.1) is 12.3 Å². The molecule has 0 atom stereocenters. The van der Waals surface area contributed by atoms with Gasteiger partial charge >= 0.3 is 0 Å². The summed E-state index contributed by atoms with van der Waals surface area (Å²) in [5, 5.41) is 9.19. The molecule has 1 saturated carbocycles. The predicted octanol–water partition coefficient (Wildman–Crippen LogP) is 2.90. The van der Waals surface area contributed by atoms with E-state index in [1.807, 2.05) is 24.3 Å². The Balaban J connectivity index is 1.66. The molecule has 0 saturated heterocycles. The summed E-state index contributed by atoms with van der Waals surface area (Å²) in [7, 11) is 0. The van der Waals surface area contributed by atoms with Gasteiger partial charge in [0.25, 0.3) is 0 Å². The summed E-state index contributed by atoms with van der Waals surface area (Å²) in [5.74, 6) is 0.317. The monoisotopic (exact) mass is 313 g/mol. The summed E-state index contributed by atoms with van der Waals surface area (Å²) < 4.78 is 4.91. The number of amides is 2. The summed E-state index contributed by atoms with van der Waals surface area (Å²) in [6.07, 6.45) is 2.01. The van der Waals surface area contributed by atoms with Gasteiger partial charge < -0.3 is 15.2 Å². The van der Waals surface area contributed by atoms with Gasteiger partial charge in [0.1, 0.15) is 11.2 Å². The second kappa shape index (κ2) is 5.87. The average molecular weight is 313 g/mol. The second-order valence-electron chi connectivity index (χ2n) is 5.86. The molecule has 1 aliphatic carbocycles. The minimum Gasteiger partial charge on any atom is -0.360 e. The summed E-state index contributed by atoms with van der Waals surface area (Å²) in [6.45, 7) is 3.81. The van der Waals surface area contributed by atoms with Crippen LogP contribution < -0.4 is 10.6 Å². The van der Waals surface area contributed by atoms with Crippen molar-refractivity contribution in [2.24, 2.45) is 5.41 Å². The van der Waals surface area contributed by atoms with Crippen molar-refractivity contribution < 1.29 is 14.1 Å². The first kappa shape index (κ1) is 15.3. The summed E-state index contributed by atoms with van der Waals surface area (Å²) in [5.41, 5.74) is 0.892. The number of carbonyl (C=O) groups is 2. The molecule has 2 amide bonds. The molecule has 0 spiro atoms. The number of hydrogen-bond acceptors (Lipinski definition) is 4. The molecule has 6 nitrogen and oxygen atoms in total. The van der Waals surface area contributed by atoms with Crippen molar-refractivity contribution in [2.75, 3.05) is 10.6 Å². The number of nitrogens with zero attached hydrogens (tertiary/aromatic N) is 1. The largest absolute Gasteiger partial charge is 0.360 e. The highest BCUT2D eigenvalue weighted by molar-refractivity contribution is 6.16. The van der Waals surface area contributed by atoms with Crippen molar-refractivity contribution >= 4 is 23.3 Å². The van der Waals surface area contributed by atoms with E-state index in [4.69, 9.17) is 4.52 Å². The summed E-state index contributed by atoms with van der Waals surface area (Å²) in [6, 6.07) is 9.26. The molecule has 1 aromatic heterocycles. The lowest BCUT2D eigenvalue weighted by Gasteiger charge is -2.14. The van der Waals surface area contributed by atoms with E-state index >= 15 is 0 Å². The van der Waals surface area contributed by atoms with Crippen LogP contribution in [0.5, 0.6) is 0 Å². The fourth-order valence-electron chi connectivity index (χ4n) is 2.42. The Labute approximate surface area is 134 Å². The van der Waals surface area contributed by atoms with Crippen LogP contribution in [0.2, 0.25) is 0 Å². The van der Waals surface area contributed by atoms with Crippen molar-refractivity contribution in [3.05, 3.63) is 41.7 Å². The lowest BCUT2D eigenvalue weighted by Crippen LogP contribution is -2.35. The van der Waals surface area contributed by atoms with Crippen LogP contribution in [0.3, 0.4) is 0 Å². The number of aromatic nitrogens is 1.